The summed E-state index contributed by atoms with van der Waals surface area (Å²) in [6, 6.07) is 5.39. The summed E-state index contributed by atoms with van der Waals surface area (Å²) in [5, 5.41) is 13.1. The highest BCUT2D eigenvalue weighted by Crippen LogP contribution is 2.13. The number of hydrogen-bond donors (Lipinski definition) is 3. The van der Waals surface area contributed by atoms with Crippen LogP contribution < -0.4 is 10.6 Å². The highest BCUT2D eigenvalue weighted by Gasteiger charge is 2.18. The molecule has 22 heavy (non-hydrogen) atoms. The summed E-state index contributed by atoms with van der Waals surface area (Å²) in [6.07, 6.45) is 2.30. The van der Waals surface area contributed by atoms with Crippen molar-refractivity contribution in [3.8, 4) is 0 Å². The van der Waals surface area contributed by atoms with Crippen molar-refractivity contribution in [2.75, 3.05) is 13.1 Å². The molecule has 2 aromatic rings. The van der Waals surface area contributed by atoms with Gasteiger partial charge in [-0.25, -0.2) is 4.98 Å². The fourth-order valence-corrected chi connectivity index (χ4v) is 2.01. The zero-order chi connectivity index (χ0) is 16.1. The minimum Gasteiger partial charge on any atom is -0.480 e. The van der Waals surface area contributed by atoms with Crippen LogP contribution in [0, 0.1) is 0 Å². The molecule has 0 saturated heterocycles. The Morgan fingerprint density at radius 3 is 2.68 bits per heavy atom. The molecule has 2 rings (SSSR count). The van der Waals surface area contributed by atoms with Gasteiger partial charge >= 0.3 is 5.97 Å². The first-order chi connectivity index (χ1) is 10.5. The lowest BCUT2D eigenvalue weighted by Crippen LogP contribution is -2.39. The van der Waals surface area contributed by atoms with Crippen LogP contribution in [0.15, 0.2) is 24.4 Å². The summed E-state index contributed by atoms with van der Waals surface area (Å²) in [5.74, 6) is -2.14. The lowest BCUT2D eigenvalue weighted by atomic mass is 10.2. The average Bonchev–Trinajstić information content (AvgIpc) is 2.89. The van der Waals surface area contributed by atoms with Crippen LogP contribution in [0.5, 0.6) is 0 Å². The number of aryl methyl sites for hydroxylation is 1. The third-order valence-electron chi connectivity index (χ3n) is 3.00. The Morgan fingerprint density at radius 2 is 2.00 bits per heavy atom. The fourth-order valence-electron chi connectivity index (χ4n) is 2.01. The molecule has 0 saturated carbocycles. The van der Waals surface area contributed by atoms with Gasteiger partial charge in [0.2, 0.25) is 5.91 Å². The van der Waals surface area contributed by atoms with E-state index in [0.717, 1.165) is 0 Å². The topological polar surface area (TPSA) is 113 Å². The van der Waals surface area contributed by atoms with Gasteiger partial charge in [-0.3, -0.25) is 18.8 Å². The van der Waals surface area contributed by atoms with Crippen molar-refractivity contribution in [2.24, 2.45) is 0 Å². The number of amides is 2. The quantitative estimate of drug-likeness (QED) is 0.685. The second-order valence-corrected chi connectivity index (χ2v) is 4.54. The zero-order valence-corrected chi connectivity index (χ0v) is 12.0. The van der Waals surface area contributed by atoms with Crippen molar-refractivity contribution in [2.45, 2.75) is 13.3 Å². The number of carbonyl (C=O) groups excluding carboxylic acids is 2. The molecule has 0 bridgehead atoms. The molecule has 0 aliphatic carbocycles. The lowest BCUT2D eigenvalue weighted by Gasteiger charge is -2.06. The zero-order valence-electron chi connectivity index (χ0n) is 12.0. The molecule has 0 aromatic carbocycles. The third-order valence-corrected chi connectivity index (χ3v) is 3.00. The number of imidazole rings is 1. The summed E-state index contributed by atoms with van der Waals surface area (Å²) in [6.45, 7) is 1.11. The van der Waals surface area contributed by atoms with Crippen molar-refractivity contribution < 1.29 is 19.5 Å². The number of rotatable bonds is 6. The van der Waals surface area contributed by atoms with Crippen molar-refractivity contribution in [1.29, 1.82) is 0 Å². The molecule has 0 radical (unpaired) electrons. The van der Waals surface area contributed by atoms with Gasteiger partial charge in [0.05, 0.1) is 12.2 Å². The van der Waals surface area contributed by atoms with E-state index in [1.165, 1.54) is 0 Å². The maximum atomic E-state index is 12.3. The average molecular weight is 304 g/mol. The maximum Gasteiger partial charge on any atom is 0.322 e. The number of nitrogens with zero attached hydrogens (tertiary/aromatic N) is 2. The van der Waals surface area contributed by atoms with Crippen LogP contribution >= 0.6 is 0 Å². The normalized spacial score (nSPS) is 10.4. The first kappa shape index (κ1) is 15.5. The molecule has 0 aliphatic rings. The number of hydrogen-bond acceptors (Lipinski definition) is 4. The van der Waals surface area contributed by atoms with E-state index in [9.17, 15) is 14.4 Å². The number of aromatic nitrogens is 2. The van der Waals surface area contributed by atoms with E-state index < -0.39 is 24.3 Å². The van der Waals surface area contributed by atoms with Crippen LogP contribution in [0.2, 0.25) is 0 Å². The van der Waals surface area contributed by atoms with E-state index in [4.69, 9.17) is 5.11 Å². The lowest BCUT2D eigenvalue weighted by molar-refractivity contribution is -0.137. The van der Waals surface area contributed by atoms with E-state index in [1.54, 1.807) is 22.7 Å². The van der Waals surface area contributed by atoms with E-state index in [-0.39, 0.29) is 6.54 Å². The van der Waals surface area contributed by atoms with Gasteiger partial charge in [0.25, 0.3) is 5.91 Å². The molecular formula is C14H16N4O4. The molecule has 0 atom stereocenters. The molecule has 8 heteroatoms. The molecule has 2 amide bonds. The van der Waals surface area contributed by atoms with E-state index in [1.807, 2.05) is 13.0 Å². The standard InChI is InChI=1S/C14H16N4O4/c1-2-9-13(18-6-4-3-5-10(18)17-9)14(22)16-7-11(19)15-8-12(20)21/h3-6H,2,7-8H2,1H3,(H,15,19)(H,16,22)(H,20,21). The van der Waals surface area contributed by atoms with Crippen LogP contribution in [0.25, 0.3) is 5.65 Å². The van der Waals surface area contributed by atoms with E-state index in [0.29, 0.717) is 23.5 Å². The van der Waals surface area contributed by atoms with Crippen LogP contribution in [0.4, 0.5) is 0 Å². The predicted molar refractivity (Wildman–Crippen MR) is 77.5 cm³/mol. The second-order valence-electron chi connectivity index (χ2n) is 4.54. The summed E-state index contributed by atoms with van der Waals surface area (Å²) >= 11 is 0. The monoisotopic (exact) mass is 304 g/mol. The first-order valence-electron chi connectivity index (χ1n) is 6.75. The first-order valence-corrected chi connectivity index (χ1v) is 6.75. The Morgan fingerprint density at radius 1 is 1.23 bits per heavy atom. The van der Waals surface area contributed by atoms with Gasteiger partial charge in [-0.15, -0.1) is 0 Å². The van der Waals surface area contributed by atoms with Crippen LogP contribution in [-0.4, -0.2) is 45.4 Å². The molecule has 2 aromatic heterocycles. The summed E-state index contributed by atoms with van der Waals surface area (Å²) in [7, 11) is 0. The molecule has 3 N–H and O–H groups in total. The molecule has 0 unspecified atom stereocenters. The maximum absolute atomic E-state index is 12.3. The number of carboxylic acid groups (broad SMARTS) is 1. The number of aliphatic carboxylic acids is 1. The Balaban J connectivity index is 2.09. The Labute approximate surface area is 126 Å². The molecule has 8 nitrogen and oxygen atoms in total. The molecule has 116 valence electrons. The number of pyridine rings is 1. The number of carbonyl (C=O) groups is 3. The van der Waals surface area contributed by atoms with Gasteiger partial charge in [-0.05, 0) is 18.6 Å². The van der Waals surface area contributed by atoms with Gasteiger partial charge in [0.1, 0.15) is 17.9 Å². The Kier molecular flexibility index (Phi) is 4.72. The largest absolute Gasteiger partial charge is 0.480 e. The molecular weight excluding hydrogens is 288 g/mol. The van der Waals surface area contributed by atoms with Crippen molar-refractivity contribution in [3.63, 3.8) is 0 Å². The second kappa shape index (κ2) is 6.70. The summed E-state index contributed by atoms with van der Waals surface area (Å²) in [5.41, 5.74) is 1.67. The van der Waals surface area contributed by atoms with E-state index >= 15 is 0 Å². The van der Waals surface area contributed by atoms with E-state index in [2.05, 4.69) is 15.6 Å². The molecule has 0 aliphatic heterocycles. The van der Waals surface area contributed by atoms with Crippen LogP contribution in [0.1, 0.15) is 23.1 Å². The Hall–Kier alpha value is -2.90. The van der Waals surface area contributed by atoms with Gasteiger partial charge in [0.15, 0.2) is 0 Å². The highest BCUT2D eigenvalue weighted by molar-refractivity contribution is 5.97. The molecule has 2 heterocycles. The van der Waals surface area contributed by atoms with Gasteiger partial charge in [-0.2, -0.15) is 0 Å². The number of nitrogens with one attached hydrogen (secondary N) is 2. The number of carboxylic acids is 1. The smallest absolute Gasteiger partial charge is 0.322 e. The fraction of sp³-hybridized carbons (Fsp3) is 0.286. The predicted octanol–water partition coefficient (Wildman–Crippen LogP) is -0.173. The third kappa shape index (κ3) is 3.40. The van der Waals surface area contributed by atoms with Gasteiger partial charge < -0.3 is 15.7 Å². The van der Waals surface area contributed by atoms with Gasteiger partial charge in [0, 0.05) is 6.20 Å². The number of fused-ring (bicyclic) bond motifs is 1. The highest BCUT2D eigenvalue weighted by atomic mass is 16.4. The molecule has 0 fully saturated rings. The Bertz CT molecular complexity index is 723. The van der Waals surface area contributed by atoms with Crippen LogP contribution in [-0.2, 0) is 16.0 Å². The summed E-state index contributed by atoms with van der Waals surface area (Å²) < 4.78 is 1.66. The molecule has 0 spiro atoms. The van der Waals surface area contributed by atoms with Crippen LogP contribution in [0.3, 0.4) is 0 Å². The minimum absolute atomic E-state index is 0.296. The van der Waals surface area contributed by atoms with Gasteiger partial charge in [-0.1, -0.05) is 13.0 Å². The minimum atomic E-state index is -1.14. The summed E-state index contributed by atoms with van der Waals surface area (Å²) in [4.78, 5) is 38.4. The SMILES string of the molecule is CCc1nc2ccccn2c1C(=O)NCC(=O)NCC(=O)O. The van der Waals surface area contributed by atoms with Crippen molar-refractivity contribution in [1.82, 2.24) is 20.0 Å². The van der Waals surface area contributed by atoms with Crippen molar-refractivity contribution in [3.05, 3.63) is 35.8 Å². The van der Waals surface area contributed by atoms with Crippen molar-refractivity contribution >= 4 is 23.4 Å².